The Kier molecular flexibility index (Phi) is 6.73. The van der Waals surface area contributed by atoms with Crippen LogP contribution in [0.1, 0.15) is 23.2 Å². The average Bonchev–Trinajstić information content (AvgIpc) is 3.41. The smallest absolute Gasteiger partial charge is 0.406 e. The number of halogens is 3. The monoisotopic (exact) mass is 533 g/mol. The Morgan fingerprint density at radius 3 is 2.62 bits per heavy atom. The van der Waals surface area contributed by atoms with Crippen molar-refractivity contribution in [2.45, 2.75) is 19.2 Å². The lowest BCUT2D eigenvalue weighted by molar-refractivity contribution is -0.274. The summed E-state index contributed by atoms with van der Waals surface area (Å²) in [5.41, 5.74) is 2.33. The molecule has 2 aromatic heterocycles. The SMILES string of the molecule is Cn1c(Nc2nc3ccc(OC(F)(F)F)cc3s2)nc2cc(C(=O)CCC(=O)N3CCOCC3)ccc21. The second-order valence-electron chi connectivity index (χ2n) is 8.44. The fraction of sp³-hybridized carbons (Fsp3) is 0.333. The molecule has 0 atom stereocenters. The Hall–Kier alpha value is -3.71. The molecule has 0 bridgehead atoms. The highest BCUT2D eigenvalue weighted by molar-refractivity contribution is 7.22. The Morgan fingerprint density at radius 1 is 1.08 bits per heavy atom. The summed E-state index contributed by atoms with van der Waals surface area (Å²) in [5.74, 6) is -0.0728. The van der Waals surface area contributed by atoms with Gasteiger partial charge in [0.25, 0.3) is 0 Å². The van der Waals surface area contributed by atoms with Crippen molar-refractivity contribution in [3.63, 3.8) is 0 Å². The van der Waals surface area contributed by atoms with Crippen LogP contribution < -0.4 is 10.1 Å². The van der Waals surface area contributed by atoms with Gasteiger partial charge in [-0.3, -0.25) is 9.59 Å². The van der Waals surface area contributed by atoms with Crippen LogP contribution in [-0.4, -0.2) is 63.8 Å². The number of morpholine rings is 1. The molecule has 9 nitrogen and oxygen atoms in total. The van der Waals surface area contributed by atoms with Crippen molar-refractivity contribution in [2.24, 2.45) is 7.05 Å². The van der Waals surface area contributed by atoms with Crippen LogP contribution in [0, 0.1) is 0 Å². The second-order valence-corrected chi connectivity index (χ2v) is 9.47. The highest BCUT2D eigenvalue weighted by Crippen LogP contribution is 2.33. The zero-order chi connectivity index (χ0) is 26.2. The summed E-state index contributed by atoms with van der Waals surface area (Å²) >= 11 is 1.16. The molecule has 0 spiro atoms. The van der Waals surface area contributed by atoms with Gasteiger partial charge in [-0.2, -0.15) is 0 Å². The number of hydrogen-bond donors (Lipinski definition) is 1. The average molecular weight is 534 g/mol. The zero-order valence-electron chi connectivity index (χ0n) is 19.7. The van der Waals surface area contributed by atoms with Crippen molar-refractivity contribution in [1.29, 1.82) is 0 Å². The molecule has 1 aliphatic heterocycles. The van der Waals surface area contributed by atoms with E-state index in [1.165, 1.54) is 18.2 Å². The van der Waals surface area contributed by atoms with E-state index in [4.69, 9.17) is 4.74 Å². The van der Waals surface area contributed by atoms with Gasteiger partial charge in [0.15, 0.2) is 10.9 Å². The van der Waals surface area contributed by atoms with Gasteiger partial charge in [-0.25, -0.2) is 9.97 Å². The molecule has 1 saturated heterocycles. The van der Waals surface area contributed by atoms with Gasteiger partial charge in [0.05, 0.1) is 34.5 Å². The van der Waals surface area contributed by atoms with Gasteiger partial charge >= 0.3 is 6.36 Å². The number of benzene rings is 2. The van der Waals surface area contributed by atoms with Gasteiger partial charge < -0.3 is 24.3 Å². The molecule has 1 fully saturated rings. The van der Waals surface area contributed by atoms with E-state index in [0.29, 0.717) is 58.7 Å². The highest BCUT2D eigenvalue weighted by Gasteiger charge is 2.31. The number of nitrogens with zero attached hydrogens (tertiary/aromatic N) is 4. The molecule has 0 radical (unpaired) electrons. The molecular weight excluding hydrogens is 511 g/mol. The molecule has 1 amide bonds. The van der Waals surface area contributed by atoms with Crippen molar-refractivity contribution < 1.29 is 32.2 Å². The molecule has 5 rings (SSSR count). The summed E-state index contributed by atoms with van der Waals surface area (Å²) in [4.78, 5) is 35.8. The minimum atomic E-state index is -4.77. The van der Waals surface area contributed by atoms with Crippen LogP contribution in [-0.2, 0) is 16.6 Å². The molecule has 0 aliphatic carbocycles. The van der Waals surface area contributed by atoms with E-state index in [9.17, 15) is 22.8 Å². The lowest BCUT2D eigenvalue weighted by Gasteiger charge is -2.26. The number of rotatable bonds is 7. The Bertz CT molecular complexity index is 1480. The fourth-order valence-corrected chi connectivity index (χ4v) is 4.96. The first-order chi connectivity index (χ1) is 17.7. The van der Waals surface area contributed by atoms with Gasteiger partial charge in [0.1, 0.15) is 5.75 Å². The number of alkyl halides is 3. The lowest BCUT2D eigenvalue weighted by Crippen LogP contribution is -2.40. The number of carbonyl (C=O) groups is 2. The molecule has 1 N–H and O–H groups in total. The number of imidazole rings is 1. The number of aryl methyl sites for hydroxylation is 1. The molecule has 13 heteroatoms. The van der Waals surface area contributed by atoms with Crippen LogP contribution in [0.4, 0.5) is 24.3 Å². The molecule has 0 saturated carbocycles. The number of hydrogen-bond acceptors (Lipinski definition) is 8. The quantitative estimate of drug-likeness (QED) is 0.346. The number of ether oxygens (including phenoxy) is 2. The van der Waals surface area contributed by atoms with Crippen LogP contribution in [0.2, 0.25) is 0 Å². The number of aromatic nitrogens is 3. The van der Waals surface area contributed by atoms with E-state index >= 15 is 0 Å². The first kappa shape index (κ1) is 25.0. The predicted molar refractivity (Wildman–Crippen MR) is 131 cm³/mol. The third-order valence-electron chi connectivity index (χ3n) is 5.94. The number of carbonyl (C=O) groups excluding carboxylic acids is 2. The minimum absolute atomic E-state index is 0.0602. The predicted octanol–water partition coefficient (Wildman–Crippen LogP) is 4.65. The first-order valence-corrected chi connectivity index (χ1v) is 12.3. The molecule has 0 unspecified atom stereocenters. The van der Waals surface area contributed by atoms with Gasteiger partial charge in [0, 0.05) is 44.6 Å². The second kappa shape index (κ2) is 9.98. The fourth-order valence-electron chi connectivity index (χ4n) is 4.07. The van der Waals surface area contributed by atoms with Crippen LogP contribution in [0.3, 0.4) is 0 Å². The molecule has 194 valence electrons. The molecular formula is C24H22F3N5O4S. The van der Waals surface area contributed by atoms with Crippen LogP contribution in [0.15, 0.2) is 36.4 Å². The number of fused-ring (bicyclic) bond motifs is 2. The summed E-state index contributed by atoms with van der Waals surface area (Å²) in [6, 6.07) is 9.11. The number of anilines is 2. The largest absolute Gasteiger partial charge is 0.573 e. The molecule has 37 heavy (non-hydrogen) atoms. The van der Waals surface area contributed by atoms with Crippen molar-refractivity contribution >= 4 is 55.4 Å². The van der Waals surface area contributed by atoms with Gasteiger partial charge in [0.2, 0.25) is 11.9 Å². The van der Waals surface area contributed by atoms with E-state index in [1.807, 2.05) is 0 Å². The van der Waals surface area contributed by atoms with Crippen molar-refractivity contribution in [2.75, 3.05) is 31.6 Å². The minimum Gasteiger partial charge on any atom is -0.406 e. The van der Waals surface area contributed by atoms with Gasteiger partial charge in [-0.05, 0) is 30.3 Å². The van der Waals surface area contributed by atoms with Gasteiger partial charge in [-0.1, -0.05) is 11.3 Å². The molecule has 4 aromatic rings. The Labute approximate surface area is 212 Å². The maximum absolute atomic E-state index is 12.7. The summed E-state index contributed by atoms with van der Waals surface area (Å²) in [5, 5.41) is 3.54. The third kappa shape index (κ3) is 5.67. The van der Waals surface area contributed by atoms with Crippen molar-refractivity contribution in [1.82, 2.24) is 19.4 Å². The molecule has 2 aromatic carbocycles. The third-order valence-corrected chi connectivity index (χ3v) is 6.88. The number of nitrogens with one attached hydrogen (secondary N) is 1. The first-order valence-electron chi connectivity index (χ1n) is 11.4. The number of ketones is 1. The zero-order valence-corrected chi connectivity index (χ0v) is 20.5. The van der Waals surface area contributed by atoms with E-state index in [0.717, 1.165) is 16.9 Å². The van der Waals surface area contributed by atoms with Crippen LogP contribution in [0.5, 0.6) is 5.75 Å². The summed E-state index contributed by atoms with van der Waals surface area (Å²) < 4.78 is 49.1. The molecule has 1 aliphatic rings. The summed E-state index contributed by atoms with van der Waals surface area (Å²) in [7, 11) is 1.79. The topological polar surface area (TPSA) is 98.6 Å². The van der Waals surface area contributed by atoms with Crippen LogP contribution >= 0.6 is 11.3 Å². The summed E-state index contributed by atoms with van der Waals surface area (Å²) in [6.45, 7) is 2.10. The Balaban J connectivity index is 1.29. The lowest BCUT2D eigenvalue weighted by atomic mass is 10.1. The standard InChI is InChI=1S/C24H22F3N5O4S/c1-31-18-5-2-14(19(33)6-7-21(34)32-8-10-35-11-9-32)12-17(18)28-22(31)30-23-29-16-4-3-15(13-20(16)37-23)36-24(25,26)27/h2-5,12-13H,6-11H2,1H3,(H,28,29,30). The van der Waals surface area contributed by atoms with E-state index in [-0.39, 0.29) is 30.3 Å². The number of amides is 1. The van der Waals surface area contributed by atoms with Crippen molar-refractivity contribution in [3.8, 4) is 5.75 Å². The van der Waals surface area contributed by atoms with E-state index < -0.39 is 6.36 Å². The van der Waals surface area contributed by atoms with E-state index in [2.05, 4.69) is 20.0 Å². The number of Topliss-reactive ketones (excluding diaryl/α,β-unsaturated/α-hetero) is 1. The van der Waals surface area contributed by atoms with Crippen molar-refractivity contribution in [3.05, 3.63) is 42.0 Å². The van der Waals surface area contributed by atoms with E-state index in [1.54, 1.807) is 34.7 Å². The number of thiazole rings is 1. The summed E-state index contributed by atoms with van der Waals surface area (Å²) in [6.07, 6.45) is -4.53. The maximum atomic E-state index is 12.7. The highest BCUT2D eigenvalue weighted by atomic mass is 32.1. The normalized spacial score (nSPS) is 14.3. The maximum Gasteiger partial charge on any atom is 0.573 e. The van der Waals surface area contributed by atoms with Crippen LogP contribution in [0.25, 0.3) is 21.3 Å². The Morgan fingerprint density at radius 2 is 1.86 bits per heavy atom. The molecule has 3 heterocycles. The van der Waals surface area contributed by atoms with Gasteiger partial charge in [-0.15, -0.1) is 13.2 Å².